The third kappa shape index (κ3) is 5.53. The van der Waals surface area contributed by atoms with Crippen LogP contribution in [0.15, 0.2) is 11.6 Å². The van der Waals surface area contributed by atoms with E-state index in [1.807, 2.05) is 47.6 Å². The molecule has 4 aliphatic carbocycles. The molecule has 0 radical (unpaired) electrons. The van der Waals surface area contributed by atoms with E-state index in [0.29, 0.717) is 19.3 Å². The third-order valence-corrected chi connectivity index (χ3v) is 11.1. The Hall–Kier alpha value is -1.02. The number of rotatable bonds is 5. The lowest BCUT2D eigenvalue weighted by Crippen LogP contribution is -2.62. The molecule has 0 bridgehead atoms. The van der Waals surface area contributed by atoms with Gasteiger partial charge in [0.1, 0.15) is 5.60 Å². The second-order valence-corrected chi connectivity index (χ2v) is 14.0. The van der Waals surface area contributed by atoms with Gasteiger partial charge in [0.25, 0.3) is 0 Å². The van der Waals surface area contributed by atoms with Gasteiger partial charge < -0.3 is 14.9 Å². The van der Waals surface area contributed by atoms with Crippen LogP contribution in [0.1, 0.15) is 93.4 Å². The van der Waals surface area contributed by atoms with E-state index in [9.17, 15) is 24.6 Å². The van der Waals surface area contributed by atoms with Crippen molar-refractivity contribution >= 4 is 28.4 Å². The van der Waals surface area contributed by atoms with E-state index >= 15 is 0 Å². The van der Waals surface area contributed by atoms with Crippen molar-refractivity contribution in [3.8, 4) is 0 Å². The van der Waals surface area contributed by atoms with Crippen LogP contribution in [-0.4, -0.2) is 57.6 Å². The molecule has 7 atom stereocenters. The fourth-order valence-electron chi connectivity index (χ4n) is 7.82. The number of hydrogen-bond donors (Lipinski definition) is 2. The van der Waals surface area contributed by atoms with Gasteiger partial charge in [0.15, 0.2) is 16.7 Å². The summed E-state index contributed by atoms with van der Waals surface area (Å²) in [7, 11) is 0. The summed E-state index contributed by atoms with van der Waals surface area (Å²) in [5, 5.41) is 23.1. The molecule has 37 heavy (non-hydrogen) atoms. The van der Waals surface area contributed by atoms with Gasteiger partial charge in [-0.1, -0.05) is 52.0 Å². The minimum atomic E-state index is -1.51. The lowest BCUT2D eigenvalue weighted by molar-refractivity contribution is -0.178. The fourth-order valence-corrected chi connectivity index (χ4v) is 8.76. The molecular formula is C30H48O6S. The molecule has 4 aliphatic rings. The molecule has 2 N–H and O–H groups in total. The molecule has 7 heteroatoms. The minimum absolute atomic E-state index is 0.0220. The molecule has 0 spiro atoms. The molecule has 4 rings (SSSR count). The lowest BCUT2D eigenvalue weighted by atomic mass is 9.45. The Morgan fingerprint density at radius 2 is 1.76 bits per heavy atom. The molecule has 210 valence electrons. The quantitative estimate of drug-likeness (QED) is 0.502. The Bertz CT molecular complexity index is 920. The molecule has 0 aliphatic heterocycles. The van der Waals surface area contributed by atoms with Gasteiger partial charge in [0.2, 0.25) is 0 Å². The van der Waals surface area contributed by atoms with Crippen molar-refractivity contribution in [2.45, 2.75) is 105 Å². The van der Waals surface area contributed by atoms with Crippen LogP contribution < -0.4 is 0 Å². The number of Topliss-reactive ketones (excluding diaryl/α,β-unsaturated/α-hetero) is 1. The van der Waals surface area contributed by atoms with Crippen LogP contribution in [0.5, 0.6) is 0 Å². The van der Waals surface area contributed by atoms with Crippen LogP contribution in [0.25, 0.3) is 0 Å². The predicted molar refractivity (Wildman–Crippen MR) is 147 cm³/mol. The number of carbonyl (C=O) groups is 3. The Morgan fingerprint density at radius 1 is 1.11 bits per heavy atom. The smallest absolute Gasteiger partial charge is 0.194 e. The molecule has 0 saturated heterocycles. The topological polar surface area (TPSA) is 101 Å². The molecule has 6 nitrogen and oxygen atoms in total. The Balaban J connectivity index is 0.000000695. The van der Waals surface area contributed by atoms with Crippen LogP contribution in [0, 0.1) is 34.0 Å². The first-order valence-electron chi connectivity index (χ1n) is 14.1. The van der Waals surface area contributed by atoms with Gasteiger partial charge in [0.05, 0.1) is 11.9 Å². The average Bonchev–Trinajstić information content (AvgIpc) is 3.09. The summed E-state index contributed by atoms with van der Waals surface area (Å²) in [5.41, 5.74) is -1.74. The number of ketones is 2. The maximum Gasteiger partial charge on any atom is 0.194 e. The summed E-state index contributed by atoms with van der Waals surface area (Å²) >= 11 is 1.00. The molecule has 0 aromatic heterocycles. The van der Waals surface area contributed by atoms with Crippen LogP contribution in [0.3, 0.4) is 0 Å². The number of aliphatic hydroxyl groups is 2. The lowest BCUT2D eigenvalue weighted by Gasteiger charge is -2.60. The highest BCUT2D eigenvalue weighted by Crippen LogP contribution is 2.67. The maximum atomic E-state index is 13.3. The molecular weight excluding hydrogens is 488 g/mol. The van der Waals surface area contributed by atoms with Gasteiger partial charge in [-0.05, 0) is 81.6 Å². The molecule has 0 amide bonds. The first-order valence-corrected chi connectivity index (χ1v) is 15.1. The zero-order chi connectivity index (χ0) is 27.8. The monoisotopic (exact) mass is 536 g/mol. The first kappa shape index (κ1) is 30.5. The molecule has 0 aromatic rings. The molecule has 0 heterocycles. The van der Waals surface area contributed by atoms with Crippen LogP contribution in [0.4, 0.5) is 0 Å². The van der Waals surface area contributed by atoms with Gasteiger partial charge in [0, 0.05) is 30.5 Å². The Labute approximate surface area is 227 Å². The number of aliphatic hydroxyl groups excluding tert-OH is 1. The second kappa shape index (κ2) is 11.2. The number of fused-ring (bicyclic) bond motifs is 5. The summed E-state index contributed by atoms with van der Waals surface area (Å²) in [5.74, 6) is 0.332. The molecule has 0 aromatic carbocycles. The summed E-state index contributed by atoms with van der Waals surface area (Å²) < 4.78 is 4.83. The van der Waals surface area contributed by atoms with E-state index in [1.54, 1.807) is 0 Å². The summed E-state index contributed by atoms with van der Waals surface area (Å²) in [6.07, 6.45) is 5.78. The number of ether oxygens (including phenoxy) is 1. The van der Waals surface area contributed by atoms with Crippen LogP contribution in [0.2, 0.25) is 0 Å². The zero-order valence-corrected chi connectivity index (χ0v) is 24.7. The third-order valence-electron chi connectivity index (χ3n) is 9.86. The number of thioether (sulfide) groups is 1. The number of carbonyl (C=O) groups excluding carboxylic acids is 3. The fraction of sp³-hybridized carbons (Fsp3) is 0.833. The van der Waals surface area contributed by atoms with Crippen molar-refractivity contribution in [1.82, 2.24) is 0 Å². The van der Waals surface area contributed by atoms with E-state index < -0.39 is 22.5 Å². The summed E-state index contributed by atoms with van der Waals surface area (Å²) in [6, 6.07) is 0. The van der Waals surface area contributed by atoms with E-state index in [2.05, 4.69) is 6.92 Å². The van der Waals surface area contributed by atoms with Gasteiger partial charge in [-0.3, -0.25) is 14.4 Å². The van der Waals surface area contributed by atoms with Crippen LogP contribution >= 0.6 is 11.8 Å². The largest absolute Gasteiger partial charge is 0.393 e. The van der Waals surface area contributed by atoms with Gasteiger partial charge in [-0.15, -0.1) is 0 Å². The van der Waals surface area contributed by atoms with E-state index in [0.717, 1.165) is 50.7 Å². The minimum Gasteiger partial charge on any atom is -0.393 e. The van der Waals surface area contributed by atoms with Crippen molar-refractivity contribution in [2.24, 2.45) is 34.0 Å². The highest BCUT2D eigenvalue weighted by molar-refractivity contribution is 8.14. The second-order valence-electron chi connectivity index (χ2n) is 13.0. The summed E-state index contributed by atoms with van der Waals surface area (Å²) in [6.45, 7) is 15.3. The highest BCUT2D eigenvalue weighted by atomic mass is 32.2. The number of allylic oxidation sites excluding steroid dienone is 1. The maximum absolute atomic E-state index is 13.3. The summed E-state index contributed by atoms with van der Waals surface area (Å²) in [4.78, 5) is 37.7. The molecule has 0 unspecified atom stereocenters. The van der Waals surface area contributed by atoms with Crippen LogP contribution in [-0.2, 0) is 19.1 Å². The molecule has 3 fully saturated rings. The van der Waals surface area contributed by atoms with E-state index in [-0.39, 0.29) is 45.6 Å². The van der Waals surface area contributed by atoms with E-state index in [1.165, 1.54) is 5.57 Å². The van der Waals surface area contributed by atoms with Gasteiger partial charge in [-0.2, -0.15) is 0 Å². The van der Waals surface area contributed by atoms with Crippen molar-refractivity contribution in [3.05, 3.63) is 11.6 Å². The number of hydrogen-bond acceptors (Lipinski definition) is 7. The van der Waals surface area contributed by atoms with Crippen molar-refractivity contribution in [2.75, 3.05) is 19.0 Å². The Morgan fingerprint density at radius 3 is 2.32 bits per heavy atom. The predicted octanol–water partition coefficient (Wildman–Crippen LogP) is 5.14. The average molecular weight is 537 g/mol. The molecule has 3 saturated carbocycles. The van der Waals surface area contributed by atoms with Gasteiger partial charge >= 0.3 is 0 Å². The standard InChI is InChI=1S/C26H38O5S.C4H10O/c1-23(2,3)22(30)32-14-20(29)26(31)11-9-18-17-7-6-15-12-16(27)8-10-24(15,4)21(17)19(28)13-25(18,26)5;1-3-5-4-2/h12,17-19,21,28,31H,6-11,13-14H2,1-5H3;3-4H2,1-2H3/t17-,18-,19-,21+,24-,25-,26-;/m0./s1. The Kier molecular flexibility index (Phi) is 9.26. The van der Waals surface area contributed by atoms with Crippen molar-refractivity contribution in [3.63, 3.8) is 0 Å². The zero-order valence-electron chi connectivity index (χ0n) is 23.9. The van der Waals surface area contributed by atoms with Crippen molar-refractivity contribution < 1.29 is 29.3 Å². The van der Waals surface area contributed by atoms with E-state index in [4.69, 9.17) is 4.74 Å². The van der Waals surface area contributed by atoms with Crippen molar-refractivity contribution in [1.29, 1.82) is 0 Å². The SMILES string of the molecule is CC(C)(C)C(=O)SCC(=O)[C@@]1(O)CC[C@H]2[C@@H]3CCC4=CC(=O)CC[C@]4(C)[C@H]3[C@@H](O)C[C@@]21C.CCOCC. The highest BCUT2D eigenvalue weighted by Gasteiger charge is 2.68. The first-order chi connectivity index (χ1) is 17.2. The normalized spacial score (nSPS) is 38.9. The van der Waals surface area contributed by atoms with Gasteiger partial charge in [-0.25, -0.2) is 0 Å².